The molecule has 0 aliphatic rings. The molecule has 0 aromatic carbocycles. The Morgan fingerprint density at radius 2 is 0.387 bits per heavy atom. The Balaban J connectivity index is 0.000000161. The average molecular weight is 1050 g/mol. The maximum absolute atomic E-state index is 4.60. The van der Waals surface area contributed by atoms with Crippen LogP contribution in [0, 0.1) is 0 Å². The van der Waals surface area contributed by atoms with Crippen LogP contribution in [-0.4, -0.2) is 74.8 Å². The Bertz CT molecular complexity index is 2810. The predicted molar refractivity (Wildman–Crippen MR) is 265 cm³/mol. The van der Waals surface area contributed by atoms with Crippen LogP contribution in [0.15, 0.2) is 221 Å². The molecule has 75 heavy (non-hydrogen) atoms. The molecule has 0 atom stereocenters. The molecule has 12 aromatic heterocycles. The van der Waals surface area contributed by atoms with Crippen molar-refractivity contribution in [1.29, 1.82) is 0 Å². The summed E-state index contributed by atoms with van der Waals surface area (Å²) in [6.45, 7) is 0. The number of hydrogen-bond acceptors (Lipinski definition) is 15. The summed E-state index contributed by atoms with van der Waals surface area (Å²) < 4.78 is 0. The summed E-state index contributed by atoms with van der Waals surface area (Å²) in [6, 6.07) is 34.3. The second-order valence-electron chi connectivity index (χ2n) is 15.2. The van der Waals surface area contributed by atoms with Gasteiger partial charge in [0, 0.05) is 126 Å². The molecular formula is C54H39Cl3N18. The zero-order valence-corrected chi connectivity index (χ0v) is 41.4. The van der Waals surface area contributed by atoms with E-state index in [4.69, 9.17) is 0 Å². The van der Waals surface area contributed by atoms with E-state index in [1.807, 2.05) is 146 Å². The highest BCUT2D eigenvalue weighted by Gasteiger charge is 2.16. The smallest absolute Gasteiger partial charge is 0.178 e. The van der Waals surface area contributed by atoms with E-state index >= 15 is 0 Å². The summed E-state index contributed by atoms with van der Waals surface area (Å²) in [5, 5.41) is 0. The van der Waals surface area contributed by atoms with Gasteiger partial charge < -0.3 is 37.2 Å². The molecule has 0 radical (unpaired) electrons. The minimum atomic E-state index is 0. The lowest BCUT2D eigenvalue weighted by atomic mass is 10.2. The Morgan fingerprint density at radius 1 is 0.213 bits per heavy atom. The van der Waals surface area contributed by atoms with Gasteiger partial charge in [-0.15, -0.1) is 0 Å². The number of rotatable bonds is 9. The van der Waals surface area contributed by atoms with E-state index in [1.54, 1.807) is 74.4 Å². The summed E-state index contributed by atoms with van der Waals surface area (Å²) >= 11 is 0. The Morgan fingerprint density at radius 3 is 0.533 bits per heavy atom. The van der Waals surface area contributed by atoms with Crippen molar-refractivity contribution in [2.45, 2.75) is 0 Å². The molecule has 12 aromatic rings. The Hall–Kier alpha value is -9.75. The summed E-state index contributed by atoms with van der Waals surface area (Å²) in [6.07, 6.45) is 31.9. The third-order valence-corrected chi connectivity index (χ3v) is 10.3. The van der Waals surface area contributed by atoms with Crippen LogP contribution in [0.4, 0.5) is 0 Å². The highest BCUT2D eigenvalue weighted by Crippen LogP contribution is 2.26. The van der Waals surface area contributed by atoms with E-state index < -0.39 is 0 Å². The highest BCUT2D eigenvalue weighted by molar-refractivity contribution is 5.67. The molecule has 0 aliphatic heterocycles. The first-order valence-corrected chi connectivity index (χ1v) is 22.3. The third kappa shape index (κ3) is 13.8. The maximum atomic E-state index is 4.60. The van der Waals surface area contributed by atoms with Gasteiger partial charge in [0.2, 0.25) is 0 Å². The van der Waals surface area contributed by atoms with Crippen LogP contribution in [-0.2, 0) is 0 Å². The molecule has 18 nitrogen and oxygen atoms in total. The van der Waals surface area contributed by atoms with E-state index in [-0.39, 0.29) is 37.2 Å². The van der Waals surface area contributed by atoms with Gasteiger partial charge in [-0.2, -0.15) is 0 Å². The molecule has 0 bridgehead atoms. The summed E-state index contributed by atoms with van der Waals surface area (Å²) in [5.74, 6) is 5.27. The van der Waals surface area contributed by atoms with Gasteiger partial charge in [0.1, 0.15) is 0 Å². The molecule has 0 saturated heterocycles. The molecule has 0 fully saturated rings. The van der Waals surface area contributed by atoms with Crippen molar-refractivity contribution in [3.63, 3.8) is 0 Å². The lowest BCUT2D eigenvalue weighted by molar-refractivity contribution is -0.377. The minimum absolute atomic E-state index is 0. The zero-order valence-electron chi connectivity index (χ0n) is 39.1. The van der Waals surface area contributed by atoms with Gasteiger partial charge in [-0.3, -0.25) is 29.9 Å². The van der Waals surface area contributed by atoms with Gasteiger partial charge >= 0.3 is 0 Å². The van der Waals surface area contributed by atoms with Crippen molar-refractivity contribution in [3.8, 4) is 102 Å². The predicted octanol–water partition coefficient (Wildman–Crippen LogP) is -1.56. The van der Waals surface area contributed by atoms with Gasteiger partial charge in [-0.05, 0) is 91.0 Å². The van der Waals surface area contributed by atoms with Crippen molar-refractivity contribution in [3.05, 3.63) is 221 Å². The second-order valence-corrected chi connectivity index (χ2v) is 15.2. The van der Waals surface area contributed by atoms with Gasteiger partial charge in [0.05, 0.1) is 16.7 Å². The largest absolute Gasteiger partial charge is 1.00 e. The standard InChI is InChI=1S/3C18H12N6.3ClH/c3*1-4-13(10-19-7-1)16-22-17(14-5-2-8-20-11-14)24-18(23-16)15-6-3-9-21-12-15;;;/h3*1-12H;3*1H. The number of aromatic nitrogens is 18. The normalized spacial score (nSPS) is 10.1. The lowest BCUT2D eigenvalue weighted by Crippen LogP contribution is -3.00. The quantitative estimate of drug-likeness (QED) is 0.159. The number of H-pyrrole nitrogens is 3. The zero-order chi connectivity index (χ0) is 48.6. The van der Waals surface area contributed by atoms with Gasteiger partial charge in [-0.1, -0.05) is 0 Å². The molecular weight excluding hydrogens is 1010 g/mol. The van der Waals surface area contributed by atoms with Crippen LogP contribution in [0.3, 0.4) is 0 Å². The van der Waals surface area contributed by atoms with Crippen LogP contribution in [0.25, 0.3) is 102 Å². The molecule has 0 spiro atoms. The maximum Gasteiger partial charge on any atom is 0.178 e. The van der Waals surface area contributed by atoms with E-state index in [9.17, 15) is 0 Å². The molecule has 3 N–H and O–H groups in total. The van der Waals surface area contributed by atoms with Crippen LogP contribution in [0.1, 0.15) is 0 Å². The minimum Gasteiger partial charge on any atom is -1.00 e. The van der Waals surface area contributed by atoms with E-state index in [0.29, 0.717) is 52.4 Å². The number of aromatic amines is 3. The number of hydrogen-bond donors (Lipinski definition) is 0. The van der Waals surface area contributed by atoms with Crippen molar-refractivity contribution < 1.29 is 52.2 Å². The average Bonchev–Trinajstić information content (AvgIpc) is 3.49. The Labute approximate surface area is 447 Å². The lowest BCUT2D eigenvalue weighted by Gasteiger charge is -2.06. The van der Waals surface area contributed by atoms with Crippen LogP contribution in [0.2, 0.25) is 0 Å². The molecule has 0 amide bonds. The molecule has 12 heterocycles. The van der Waals surface area contributed by atoms with E-state index in [0.717, 1.165) is 50.1 Å². The molecule has 0 unspecified atom stereocenters. The monoisotopic (exact) mass is 1040 g/mol. The van der Waals surface area contributed by atoms with Crippen molar-refractivity contribution >= 4 is 0 Å². The first-order valence-electron chi connectivity index (χ1n) is 22.3. The first-order chi connectivity index (χ1) is 35.7. The van der Waals surface area contributed by atoms with Gasteiger partial charge in [0.15, 0.2) is 89.6 Å². The molecule has 0 saturated carbocycles. The first kappa shape index (κ1) is 53.1. The summed E-state index contributed by atoms with van der Waals surface area (Å²) in [5.41, 5.74) is 7.69. The Kier molecular flexibility index (Phi) is 18.8. The molecule has 0 aliphatic carbocycles. The molecule has 12 rings (SSSR count). The molecule has 366 valence electrons. The third-order valence-electron chi connectivity index (χ3n) is 10.3. The van der Waals surface area contributed by atoms with Crippen molar-refractivity contribution in [1.82, 2.24) is 74.8 Å². The van der Waals surface area contributed by atoms with Crippen molar-refractivity contribution in [2.24, 2.45) is 0 Å². The van der Waals surface area contributed by atoms with Crippen molar-refractivity contribution in [2.75, 3.05) is 0 Å². The number of halogens is 3. The summed E-state index contributed by atoms with van der Waals surface area (Å²) in [4.78, 5) is 75.4. The topological polar surface area (TPSA) is 236 Å². The van der Waals surface area contributed by atoms with Crippen LogP contribution >= 0.6 is 0 Å². The summed E-state index contributed by atoms with van der Waals surface area (Å²) in [7, 11) is 0. The fourth-order valence-corrected chi connectivity index (χ4v) is 6.86. The fraction of sp³-hybridized carbons (Fsp3) is 0. The number of pyridine rings is 9. The number of nitrogens with one attached hydrogen (secondary N) is 3. The second kappa shape index (κ2) is 26.6. The van der Waals surface area contributed by atoms with E-state index in [2.05, 4.69) is 89.7 Å². The van der Waals surface area contributed by atoms with Crippen LogP contribution in [0.5, 0.6) is 0 Å². The van der Waals surface area contributed by atoms with Gasteiger partial charge in [0.25, 0.3) is 0 Å². The highest BCUT2D eigenvalue weighted by atomic mass is 35.5. The van der Waals surface area contributed by atoms with E-state index in [1.165, 1.54) is 0 Å². The van der Waals surface area contributed by atoms with Gasteiger partial charge in [-0.25, -0.2) is 59.8 Å². The fourth-order valence-electron chi connectivity index (χ4n) is 6.86. The molecule has 21 heteroatoms. The SMILES string of the molecule is [Cl-].[Cl-].[Cl-].c1cncc(-c2nc(-c3cccnc3)nc(-c3ccc[nH+]c3)n2)c1.c1cncc(-c2nc(-c3cccnc3)nc(-c3ccc[nH+]c3)n2)c1.c1cncc(-c2nc(-c3cccnc3)nc(-c3ccc[nH+]c3)n2)c1. The van der Waals surface area contributed by atoms with Crippen LogP contribution < -0.4 is 52.2 Å². The number of nitrogens with zero attached hydrogens (tertiary/aromatic N) is 15.